The average Bonchev–Trinajstić information content (AvgIpc) is 2.05. The van der Waals surface area contributed by atoms with E-state index in [9.17, 15) is 4.79 Å². The van der Waals surface area contributed by atoms with Crippen LogP contribution in [-0.4, -0.2) is 29.3 Å². The van der Waals surface area contributed by atoms with E-state index in [-0.39, 0.29) is 23.1 Å². The second-order valence-corrected chi connectivity index (χ2v) is 3.16. The van der Waals surface area contributed by atoms with Gasteiger partial charge in [0, 0.05) is 6.42 Å². The predicted molar refractivity (Wildman–Crippen MR) is 57.1 cm³/mol. The van der Waals surface area contributed by atoms with Gasteiger partial charge in [0.15, 0.2) is 0 Å². The summed E-state index contributed by atoms with van der Waals surface area (Å²) in [5.74, 6) is 0.792. The molecule has 0 aliphatic rings. The molecule has 0 spiro atoms. The van der Waals surface area contributed by atoms with Crippen LogP contribution in [0.3, 0.4) is 0 Å². The molecule has 0 aromatic heterocycles. The zero-order valence-electron chi connectivity index (χ0n) is 7.81. The highest BCUT2D eigenvalue weighted by molar-refractivity contribution is 5.75. The van der Waals surface area contributed by atoms with E-state index in [1.807, 2.05) is 0 Å². The van der Waals surface area contributed by atoms with E-state index in [2.05, 4.69) is 13.8 Å². The van der Waals surface area contributed by atoms with Crippen molar-refractivity contribution in [3.05, 3.63) is 0 Å². The van der Waals surface area contributed by atoms with E-state index >= 15 is 0 Å². The highest BCUT2D eigenvalue weighted by Crippen LogP contribution is 2.17. The first-order chi connectivity index (χ1) is 5.35. The number of aldehydes is 1. The Morgan fingerprint density at radius 3 is 2.33 bits per heavy atom. The van der Waals surface area contributed by atoms with E-state index in [1.54, 1.807) is 0 Å². The summed E-state index contributed by atoms with van der Waals surface area (Å²) < 4.78 is 0. The fraction of sp³-hybridized carbons (Fsp3) is 0.900. The topological polar surface area (TPSA) is 17.1 Å². The molecule has 0 heterocycles. The minimum atomic E-state index is 0. The van der Waals surface area contributed by atoms with Crippen molar-refractivity contribution in [1.82, 2.24) is 0 Å². The Morgan fingerprint density at radius 1 is 1.25 bits per heavy atom. The standard InChI is InChI=1S/C10H20O.Mg.2H/c1-3-5-7-10(4-2)8-6-9-11;;;/h9-10H,3-8H2,1-2H3;;;. The van der Waals surface area contributed by atoms with Crippen LogP contribution in [0.1, 0.15) is 52.4 Å². The summed E-state index contributed by atoms with van der Waals surface area (Å²) in [6.45, 7) is 4.43. The van der Waals surface area contributed by atoms with Crippen LogP contribution < -0.4 is 0 Å². The summed E-state index contributed by atoms with van der Waals surface area (Å²) in [4.78, 5) is 10.1. The Labute approximate surface area is 92.5 Å². The molecule has 0 aliphatic carbocycles. The van der Waals surface area contributed by atoms with Crippen LogP contribution >= 0.6 is 0 Å². The Kier molecular flexibility index (Phi) is 14.2. The average molecular weight is 183 g/mol. The second kappa shape index (κ2) is 11.4. The van der Waals surface area contributed by atoms with E-state index in [4.69, 9.17) is 0 Å². The highest BCUT2D eigenvalue weighted by Gasteiger charge is 2.03. The van der Waals surface area contributed by atoms with E-state index in [1.165, 1.54) is 25.7 Å². The lowest BCUT2D eigenvalue weighted by molar-refractivity contribution is -0.108. The molecule has 0 aromatic rings. The summed E-state index contributed by atoms with van der Waals surface area (Å²) in [5.41, 5.74) is 0. The van der Waals surface area contributed by atoms with Crippen molar-refractivity contribution in [1.29, 1.82) is 0 Å². The summed E-state index contributed by atoms with van der Waals surface area (Å²) in [5, 5.41) is 0. The lowest BCUT2D eigenvalue weighted by atomic mass is 9.95. The Hall–Kier alpha value is 0.436. The van der Waals surface area contributed by atoms with Gasteiger partial charge in [-0.1, -0.05) is 39.5 Å². The third kappa shape index (κ3) is 8.53. The quantitative estimate of drug-likeness (QED) is 0.436. The van der Waals surface area contributed by atoms with Crippen LogP contribution in [0.4, 0.5) is 0 Å². The summed E-state index contributed by atoms with van der Waals surface area (Å²) in [6.07, 6.45) is 8.01. The molecule has 0 saturated heterocycles. The largest absolute Gasteiger partial charge is 0.316 e. The third-order valence-corrected chi connectivity index (χ3v) is 2.24. The molecule has 70 valence electrons. The number of unbranched alkanes of at least 4 members (excludes halogenated alkanes) is 1. The third-order valence-electron chi connectivity index (χ3n) is 2.24. The SMILES string of the molecule is CCCCC(CC)CCC=O.[MgH2]. The van der Waals surface area contributed by atoms with Crippen molar-refractivity contribution >= 4 is 29.3 Å². The predicted octanol–water partition coefficient (Wildman–Crippen LogP) is 2.27. The molecule has 0 N–H and O–H groups in total. The Balaban J connectivity index is 0. The number of hydrogen-bond acceptors (Lipinski definition) is 1. The van der Waals surface area contributed by atoms with Crippen molar-refractivity contribution in [2.24, 2.45) is 5.92 Å². The van der Waals surface area contributed by atoms with Crippen molar-refractivity contribution in [2.45, 2.75) is 52.4 Å². The van der Waals surface area contributed by atoms with Gasteiger partial charge < -0.3 is 4.79 Å². The van der Waals surface area contributed by atoms with Crippen LogP contribution in [0.25, 0.3) is 0 Å². The van der Waals surface area contributed by atoms with Crippen molar-refractivity contribution < 1.29 is 4.79 Å². The first-order valence-corrected chi connectivity index (χ1v) is 4.78. The van der Waals surface area contributed by atoms with Crippen molar-refractivity contribution in [3.8, 4) is 0 Å². The second-order valence-electron chi connectivity index (χ2n) is 3.16. The molecule has 0 amide bonds. The van der Waals surface area contributed by atoms with Crippen LogP contribution in [0.2, 0.25) is 0 Å². The lowest BCUT2D eigenvalue weighted by Gasteiger charge is -2.11. The van der Waals surface area contributed by atoms with Gasteiger partial charge in [0.25, 0.3) is 0 Å². The molecule has 0 fully saturated rings. The Bertz CT molecular complexity index is 93.8. The Morgan fingerprint density at radius 2 is 1.92 bits per heavy atom. The van der Waals surface area contributed by atoms with Crippen LogP contribution in [0, 0.1) is 5.92 Å². The van der Waals surface area contributed by atoms with Crippen molar-refractivity contribution in [3.63, 3.8) is 0 Å². The zero-order valence-corrected chi connectivity index (χ0v) is 7.81. The van der Waals surface area contributed by atoms with Gasteiger partial charge in [-0.25, -0.2) is 0 Å². The van der Waals surface area contributed by atoms with E-state index in [0.717, 1.165) is 25.0 Å². The number of hydrogen-bond donors (Lipinski definition) is 0. The van der Waals surface area contributed by atoms with Gasteiger partial charge >= 0.3 is 23.1 Å². The molecule has 1 nitrogen and oxygen atoms in total. The van der Waals surface area contributed by atoms with Gasteiger partial charge in [0.2, 0.25) is 0 Å². The number of carbonyl (C=O) groups excluding carboxylic acids is 1. The van der Waals surface area contributed by atoms with E-state index < -0.39 is 0 Å². The molecular weight excluding hydrogens is 160 g/mol. The van der Waals surface area contributed by atoms with Gasteiger partial charge in [-0.15, -0.1) is 0 Å². The molecule has 1 unspecified atom stereocenters. The molecule has 2 heteroatoms. The smallest absolute Gasteiger partial charge is 0.303 e. The van der Waals surface area contributed by atoms with Crippen LogP contribution in [0.5, 0.6) is 0 Å². The maximum atomic E-state index is 10.1. The molecular formula is C10H22MgO. The highest BCUT2D eigenvalue weighted by atomic mass is 24.3. The first kappa shape index (κ1) is 14.9. The molecule has 0 bridgehead atoms. The van der Waals surface area contributed by atoms with Gasteiger partial charge in [-0.2, -0.15) is 0 Å². The summed E-state index contributed by atoms with van der Waals surface area (Å²) in [7, 11) is 0. The van der Waals surface area contributed by atoms with Crippen LogP contribution in [-0.2, 0) is 4.79 Å². The fourth-order valence-corrected chi connectivity index (χ4v) is 1.35. The molecule has 0 rings (SSSR count). The first-order valence-electron chi connectivity index (χ1n) is 4.78. The molecule has 0 aromatic carbocycles. The summed E-state index contributed by atoms with van der Waals surface area (Å²) >= 11 is 0. The molecule has 1 atom stereocenters. The van der Waals surface area contributed by atoms with Crippen molar-refractivity contribution in [2.75, 3.05) is 0 Å². The van der Waals surface area contributed by atoms with Gasteiger partial charge in [-0.05, 0) is 12.3 Å². The van der Waals surface area contributed by atoms with Gasteiger partial charge in [-0.3, -0.25) is 0 Å². The minimum absolute atomic E-state index is 0. The number of carbonyl (C=O) groups is 1. The van der Waals surface area contributed by atoms with Gasteiger partial charge in [0.1, 0.15) is 6.29 Å². The normalized spacial score (nSPS) is 11.8. The molecule has 12 heavy (non-hydrogen) atoms. The molecule has 0 radical (unpaired) electrons. The van der Waals surface area contributed by atoms with E-state index in [0.29, 0.717) is 0 Å². The lowest BCUT2D eigenvalue weighted by Crippen LogP contribution is -1.98. The van der Waals surface area contributed by atoms with Crippen LogP contribution in [0.15, 0.2) is 0 Å². The minimum Gasteiger partial charge on any atom is -0.303 e. The number of rotatable bonds is 7. The molecule has 0 saturated carbocycles. The van der Waals surface area contributed by atoms with Gasteiger partial charge in [0.05, 0.1) is 0 Å². The molecule has 0 aliphatic heterocycles. The monoisotopic (exact) mass is 182 g/mol. The summed E-state index contributed by atoms with van der Waals surface area (Å²) in [6, 6.07) is 0. The fourth-order valence-electron chi connectivity index (χ4n) is 1.35. The zero-order chi connectivity index (χ0) is 8.53. The maximum absolute atomic E-state index is 10.1. The maximum Gasteiger partial charge on any atom is 0.316 e.